The van der Waals surface area contributed by atoms with Crippen molar-refractivity contribution in [3.8, 4) is 5.75 Å². The van der Waals surface area contributed by atoms with Crippen molar-refractivity contribution in [2.45, 2.75) is 11.4 Å². The summed E-state index contributed by atoms with van der Waals surface area (Å²) in [5.74, 6) is 0.201. The van der Waals surface area contributed by atoms with Crippen LogP contribution in [-0.4, -0.2) is 26.4 Å². The molecule has 0 aliphatic rings. The van der Waals surface area contributed by atoms with Crippen LogP contribution >= 0.6 is 22.7 Å². The zero-order valence-corrected chi connectivity index (χ0v) is 16.1. The number of nitrogens with zero attached hydrogens (tertiary/aromatic N) is 1. The van der Waals surface area contributed by atoms with Crippen molar-refractivity contribution in [1.82, 2.24) is 10.3 Å². The second-order valence-corrected chi connectivity index (χ2v) is 8.65. The number of nitrogens with one attached hydrogen (secondary N) is 2. The molecule has 26 heavy (non-hydrogen) atoms. The van der Waals surface area contributed by atoms with E-state index in [-0.39, 0.29) is 21.6 Å². The Labute approximate surface area is 158 Å². The average Bonchev–Trinajstić information content (AvgIpc) is 3.31. The van der Waals surface area contributed by atoms with Crippen molar-refractivity contribution in [2.24, 2.45) is 0 Å². The molecule has 0 aliphatic carbocycles. The minimum Gasteiger partial charge on any atom is -0.497 e. The number of methoxy groups -OCH3 is 1. The lowest BCUT2D eigenvalue weighted by molar-refractivity contribution is 0.0947. The largest absolute Gasteiger partial charge is 0.497 e. The summed E-state index contributed by atoms with van der Waals surface area (Å²) in [5.41, 5.74) is 0.166. The van der Waals surface area contributed by atoms with Gasteiger partial charge in [0.05, 0.1) is 18.6 Å². The molecule has 0 unspecified atom stereocenters. The molecule has 2 heterocycles. The highest BCUT2D eigenvalue weighted by Gasteiger charge is 2.18. The highest BCUT2D eigenvalue weighted by Crippen LogP contribution is 2.22. The van der Waals surface area contributed by atoms with E-state index in [1.165, 1.54) is 24.6 Å². The number of carbonyl (C=O) groups is 1. The molecule has 10 heteroatoms. The number of aromatic nitrogens is 1. The fraction of sp³-hybridized carbons (Fsp3) is 0.125. The number of rotatable bonds is 7. The first-order chi connectivity index (χ1) is 12.5. The van der Waals surface area contributed by atoms with E-state index < -0.39 is 10.0 Å². The molecule has 0 atom stereocenters. The third-order valence-electron chi connectivity index (χ3n) is 3.33. The lowest BCUT2D eigenvalue weighted by Gasteiger charge is -2.06. The third kappa shape index (κ3) is 4.40. The third-order valence-corrected chi connectivity index (χ3v) is 6.45. The van der Waals surface area contributed by atoms with Crippen LogP contribution in [0.4, 0.5) is 5.13 Å². The number of sulfonamides is 1. The molecular weight excluding hydrogens is 394 g/mol. The fourth-order valence-electron chi connectivity index (χ4n) is 2.02. The number of thiophene rings is 1. The molecule has 0 spiro atoms. The Morgan fingerprint density at radius 3 is 2.62 bits per heavy atom. The van der Waals surface area contributed by atoms with Crippen LogP contribution in [0, 0.1) is 0 Å². The maximum atomic E-state index is 12.4. The number of thiazole rings is 1. The predicted octanol–water partition coefficient (Wildman–Crippen LogP) is 2.94. The van der Waals surface area contributed by atoms with Gasteiger partial charge in [0.25, 0.3) is 15.9 Å². The SMILES string of the molecule is COc1ccc(S(=O)(=O)Nc2nc(C(=O)NCc3cccs3)cs2)cc1. The first-order valence-electron chi connectivity index (χ1n) is 7.41. The van der Waals surface area contributed by atoms with E-state index in [9.17, 15) is 13.2 Å². The topological polar surface area (TPSA) is 97.4 Å². The molecule has 1 amide bonds. The predicted molar refractivity (Wildman–Crippen MR) is 101 cm³/mol. The summed E-state index contributed by atoms with van der Waals surface area (Å²) in [6.45, 7) is 0.404. The highest BCUT2D eigenvalue weighted by molar-refractivity contribution is 7.93. The zero-order valence-electron chi connectivity index (χ0n) is 13.6. The van der Waals surface area contributed by atoms with E-state index in [0.717, 1.165) is 16.2 Å². The minimum absolute atomic E-state index is 0.0807. The van der Waals surface area contributed by atoms with Crippen LogP contribution in [0.25, 0.3) is 0 Å². The zero-order chi connectivity index (χ0) is 18.6. The van der Waals surface area contributed by atoms with E-state index in [1.807, 2.05) is 17.5 Å². The van der Waals surface area contributed by atoms with Crippen molar-refractivity contribution in [2.75, 3.05) is 11.8 Å². The molecule has 0 bridgehead atoms. The molecule has 0 fully saturated rings. The Morgan fingerprint density at radius 1 is 1.19 bits per heavy atom. The fourth-order valence-corrected chi connectivity index (χ4v) is 4.61. The van der Waals surface area contributed by atoms with Crippen molar-refractivity contribution in [1.29, 1.82) is 0 Å². The van der Waals surface area contributed by atoms with Crippen LogP contribution in [0.3, 0.4) is 0 Å². The molecule has 3 rings (SSSR count). The van der Waals surface area contributed by atoms with Gasteiger partial charge in [-0.2, -0.15) is 0 Å². The first-order valence-corrected chi connectivity index (χ1v) is 10.6. The number of hydrogen-bond acceptors (Lipinski definition) is 7. The maximum Gasteiger partial charge on any atom is 0.271 e. The molecule has 0 saturated carbocycles. The molecule has 1 aromatic carbocycles. The van der Waals surface area contributed by atoms with Gasteiger partial charge in [-0.05, 0) is 35.7 Å². The maximum absolute atomic E-state index is 12.4. The van der Waals surface area contributed by atoms with Crippen LogP contribution in [0.2, 0.25) is 0 Å². The summed E-state index contributed by atoms with van der Waals surface area (Å²) in [5, 5.41) is 6.31. The number of amides is 1. The Kier molecular flexibility index (Phi) is 5.55. The van der Waals surface area contributed by atoms with Crippen molar-refractivity contribution in [3.05, 3.63) is 57.7 Å². The van der Waals surface area contributed by atoms with Gasteiger partial charge >= 0.3 is 0 Å². The average molecular weight is 410 g/mol. The van der Waals surface area contributed by atoms with E-state index >= 15 is 0 Å². The van der Waals surface area contributed by atoms with E-state index in [4.69, 9.17) is 4.74 Å². The standard InChI is InChI=1S/C16H15N3O4S3/c1-23-11-4-6-13(7-5-11)26(21,22)19-16-18-14(10-25-16)15(20)17-9-12-3-2-8-24-12/h2-8,10H,9H2,1H3,(H,17,20)(H,18,19). The Hall–Kier alpha value is -2.43. The smallest absolute Gasteiger partial charge is 0.271 e. The molecule has 2 N–H and O–H groups in total. The van der Waals surface area contributed by atoms with Crippen molar-refractivity contribution >= 4 is 43.7 Å². The van der Waals surface area contributed by atoms with E-state index in [2.05, 4.69) is 15.0 Å². The number of anilines is 1. The van der Waals surface area contributed by atoms with Gasteiger partial charge in [0, 0.05) is 10.3 Å². The molecule has 0 saturated heterocycles. The quantitative estimate of drug-likeness (QED) is 0.625. The van der Waals surface area contributed by atoms with Crippen LogP contribution in [-0.2, 0) is 16.6 Å². The summed E-state index contributed by atoms with van der Waals surface area (Å²) in [6, 6.07) is 9.80. The Bertz CT molecular complexity index is 980. The molecular formula is C16H15N3O4S3. The van der Waals surface area contributed by atoms with E-state index in [1.54, 1.807) is 23.5 Å². The summed E-state index contributed by atoms with van der Waals surface area (Å²) < 4.78 is 32.1. The van der Waals surface area contributed by atoms with Gasteiger partial charge < -0.3 is 10.1 Å². The van der Waals surface area contributed by atoms with Crippen LogP contribution in [0.15, 0.2) is 52.1 Å². The lowest BCUT2D eigenvalue weighted by atomic mass is 10.3. The first kappa shape index (κ1) is 18.4. The monoisotopic (exact) mass is 409 g/mol. The normalized spacial score (nSPS) is 11.1. The Balaban J connectivity index is 1.65. The highest BCUT2D eigenvalue weighted by atomic mass is 32.2. The molecule has 7 nitrogen and oxygen atoms in total. The van der Waals surface area contributed by atoms with Gasteiger partial charge in [-0.25, -0.2) is 13.4 Å². The minimum atomic E-state index is -3.79. The second kappa shape index (κ2) is 7.85. The molecule has 0 radical (unpaired) electrons. The van der Waals surface area contributed by atoms with Crippen LogP contribution < -0.4 is 14.8 Å². The van der Waals surface area contributed by atoms with Gasteiger partial charge in [-0.15, -0.1) is 22.7 Å². The molecule has 136 valence electrons. The van der Waals surface area contributed by atoms with Gasteiger partial charge in [0.15, 0.2) is 5.13 Å². The molecule has 2 aromatic heterocycles. The van der Waals surface area contributed by atoms with Gasteiger partial charge in [-0.3, -0.25) is 9.52 Å². The Morgan fingerprint density at radius 2 is 1.96 bits per heavy atom. The van der Waals surface area contributed by atoms with Crippen LogP contribution in [0.5, 0.6) is 5.75 Å². The van der Waals surface area contributed by atoms with E-state index in [0.29, 0.717) is 12.3 Å². The van der Waals surface area contributed by atoms with Crippen molar-refractivity contribution < 1.29 is 17.9 Å². The van der Waals surface area contributed by atoms with Crippen LogP contribution in [0.1, 0.15) is 15.4 Å². The van der Waals surface area contributed by atoms with Gasteiger partial charge in [-0.1, -0.05) is 6.07 Å². The number of benzene rings is 1. The number of hydrogen-bond donors (Lipinski definition) is 2. The second-order valence-electron chi connectivity index (χ2n) is 5.08. The van der Waals surface area contributed by atoms with Crippen molar-refractivity contribution in [3.63, 3.8) is 0 Å². The van der Waals surface area contributed by atoms with Gasteiger partial charge in [0.1, 0.15) is 11.4 Å². The van der Waals surface area contributed by atoms with Gasteiger partial charge in [0.2, 0.25) is 0 Å². The summed E-state index contributed by atoms with van der Waals surface area (Å²) in [7, 11) is -2.28. The molecule has 0 aliphatic heterocycles. The lowest BCUT2D eigenvalue weighted by Crippen LogP contribution is -2.22. The summed E-state index contributed by atoms with van der Waals surface area (Å²) in [4.78, 5) is 17.3. The summed E-state index contributed by atoms with van der Waals surface area (Å²) in [6.07, 6.45) is 0. The summed E-state index contributed by atoms with van der Waals surface area (Å²) >= 11 is 2.59. The molecule has 3 aromatic rings. The number of carbonyl (C=O) groups excluding carboxylic acids is 1. The number of ether oxygens (including phenoxy) is 1.